The minimum atomic E-state index is -4.69. The predicted octanol–water partition coefficient (Wildman–Crippen LogP) is 3.43. The lowest BCUT2D eigenvalue weighted by atomic mass is 10.1. The smallest absolute Gasteiger partial charge is 0.379 e. The van der Waals surface area contributed by atoms with Crippen LogP contribution in [0.1, 0.15) is 27.9 Å². The molecule has 11 heteroatoms. The number of hydrogen-bond donors (Lipinski definition) is 2. The van der Waals surface area contributed by atoms with Crippen molar-refractivity contribution in [2.45, 2.75) is 19.1 Å². The first-order valence-electron chi connectivity index (χ1n) is 9.16. The van der Waals surface area contributed by atoms with E-state index in [4.69, 9.17) is 0 Å². The Balaban J connectivity index is 1.87. The number of nitro benzene ring substituents is 1. The number of nitrogens with one attached hydrogen (secondary N) is 2. The van der Waals surface area contributed by atoms with Crippen molar-refractivity contribution in [2.75, 3.05) is 26.0 Å². The highest BCUT2D eigenvalue weighted by Gasteiger charge is 2.33. The third-order valence-electron chi connectivity index (χ3n) is 4.29. The van der Waals surface area contributed by atoms with Gasteiger partial charge in [-0.1, -0.05) is 12.1 Å². The molecule has 0 aromatic heterocycles. The van der Waals surface area contributed by atoms with Gasteiger partial charge in [0, 0.05) is 45.2 Å². The average Bonchev–Trinajstić information content (AvgIpc) is 2.71. The van der Waals surface area contributed by atoms with Crippen LogP contribution in [0.3, 0.4) is 0 Å². The van der Waals surface area contributed by atoms with Crippen LogP contribution in [0.4, 0.5) is 24.5 Å². The van der Waals surface area contributed by atoms with Gasteiger partial charge in [0.25, 0.3) is 11.6 Å². The van der Waals surface area contributed by atoms with Crippen LogP contribution in [0.5, 0.6) is 0 Å². The second kappa shape index (κ2) is 9.92. The molecule has 0 aliphatic rings. The van der Waals surface area contributed by atoms with E-state index in [-0.39, 0.29) is 37.0 Å². The van der Waals surface area contributed by atoms with Gasteiger partial charge in [-0.2, -0.15) is 13.2 Å². The summed E-state index contributed by atoms with van der Waals surface area (Å²) < 4.78 is 38.2. The Bertz CT molecular complexity index is 960. The van der Waals surface area contributed by atoms with Gasteiger partial charge in [0.2, 0.25) is 5.91 Å². The van der Waals surface area contributed by atoms with Crippen LogP contribution in [-0.4, -0.2) is 42.3 Å². The normalized spacial score (nSPS) is 11.0. The maximum absolute atomic E-state index is 12.7. The van der Waals surface area contributed by atoms with Crippen LogP contribution in [0, 0.1) is 10.1 Å². The molecule has 0 spiro atoms. The third-order valence-corrected chi connectivity index (χ3v) is 4.29. The molecule has 2 aromatic rings. The molecule has 2 N–H and O–H groups in total. The topological polar surface area (TPSA) is 105 Å². The number of anilines is 1. The zero-order chi connectivity index (χ0) is 23.2. The maximum Gasteiger partial charge on any atom is 0.416 e. The van der Waals surface area contributed by atoms with E-state index < -0.39 is 22.4 Å². The molecule has 0 saturated heterocycles. The quantitative estimate of drug-likeness (QED) is 0.485. The summed E-state index contributed by atoms with van der Waals surface area (Å²) in [6.45, 7) is 0.212. The highest BCUT2D eigenvalue weighted by Crippen LogP contribution is 2.34. The van der Waals surface area contributed by atoms with Gasteiger partial charge in [0.1, 0.15) is 5.69 Å². The Hall–Kier alpha value is -3.63. The van der Waals surface area contributed by atoms with E-state index in [1.54, 1.807) is 38.4 Å². The van der Waals surface area contributed by atoms with Crippen molar-refractivity contribution in [1.29, 1.82) is 0 Å². The molecule has 2 aromatic carbocycles. The van der Waals surface area contributed by atoms with Gasteiger partial charge in [-0.15, -0.1) is 0 Å². The summed E-state index contributed by atoms with van der Waals surface area (Å²) in [5, 5.41) is 16.3. The molecule has 0 aliphatic carbocycles. The van der Waals surface area contributed by atoms with Crippen molar-refractivity contribution in [3.05, 3.63) is 69.3 Å². The van der Waals surface area contributed by atoms with E-state index in [9.17, 15) is 32.9 Å². The van der Waals surface area contributed by atoms with Crippen molar-refractivity contribution < 1.29 is 27.7 Å². The largest absolute Gasteiger partial charge is 0.416 e. The van der Waals surface area contributed by atoms with Gasteiger partial charge in [0.15, 0.2) is 0 Å². The number of hydrogen-bond acceptors (Lipinski definition) is 5. The molecule has 166 valence electrons. The Kier molecular flexibility index (Phi) is 7.56. The summed E-state index contributed by atoms with van der Waals surface area (Å²) >= 11 is 0. The molecule has 0 fully saturated rings. The monoisotopic (exact) mass is 438 g/mol. The zero-order valence-corrected chi connectivity index (χ0v) is 16.8. The predicted molar refractivity (Wildman–Crippen MR) is 108 cm³/mol. The molecule has 2 rings (SSSR count). The van der Waals surface area contributed by atoms with Gasteiger partial charge in [-0.05, 0) is 29.8 Å². The number of halogens is 3. The van der Waals surface area contributed by atoms with E-state index in [2.05, 4.69) is 10.6 Å². The van der Waals surface area contributed by atoms with Gasteiger partial charge in [-0.25, -0.2) is 0 Å². The molecule has 31 heavy (non-hydrogen) atoms. The molecule has 8 nitrogen and oxygen atoms in total. The molecule has 0 radical (unpaired) electrons. The number of carbonyl (C=O) groups excluding carboxylic acids is 2. The van der Waals surface area contributed by atoms with E-state index in [1.165, 1.54) is 4.90 Å². The van der Waals surface area contributed by atoms with E-state index >= 15 is 0 Å². The molecule has 0 bridgehead atoms. The van der Waals surface area contributed by atoms with Gasteiger partial charge in [0.05, 0.1) is 10.5 Å². The fourth-order valence-electron chi connectivity index (χ4n) is 2.63. The van der Waals surface area contributed by atoms with Crippen LogP contribution in [-0.2, 0) is 17.5 Å². The molecular formula is C20H21F3N4O4. The minimum Gasteiger partial charge on any atom is -0.379 e. The van der Waals surface area contributed by atoms with Crippen molar-refractivity contribution in [3.8, 4) is 0 Å². The highest BCUT2D eigenvalue weighted by atomic mass is 19.4. The first kappa shape index (κ1) is 23.6. The lowest BCUT2D eigenvalue weighted by molar-refractivity contribution is -0.384. The second-order valence-corrected chi connectivity index (χ2v) is 6.84. The van der Waals surface area contributed by atoms with Crippen molar-refractivity contribution >= 4 is 23.2 Å². The number of benzene rings is 2. The Morgan fingerprint density at radius 3 is 2.29 bits per heavy atom. The number of carbonyl (C=O) groups is 2. The number of amides is 2. The van der Waals surface area contributed by atoms with Crippen molar-refractivity contribution in [2.24, 2.45) is 0 Å². The summed E-state index contributed by atoms with van der Waals surface area (Å²) in [4.78, 5) is 35.4. The fraction of sp³-hybridized carbons (Fsp3) is 0.300. The molecule has 0 atom stereocenters. The standard InChI is InChI=1S/C20H21F3N4O4/c1-26(2)19(29)14-5-3-13(4-6-14)12-25-18(28)9-10-24-16-8-7-15(20(21,22)23)11-17(16)27(30)31/h3-8,11,24H,9-10,12H2,1-2H3,(H,25,28). The highest BCUT2D eigenvalue weighted by molar-refractivity contribution is 5.93. The van der Waals surface area contributed by atoms with Crippen LogP contribution < -0.4 is 10.6 Å². The molecule has 0 aliphatic heterocycles. The lowest BCUT2D eigenvalue weighted by Gasteiger charge is -2.11. The lowest BCUT2D eigenvalue weighted by Crippen LogP contribution is -2.25. The van der Waals surface area contributed by atoms with Crippen molar-refractivity contribution in [3.63, 3.8) is 0 Å². The summed E-state index contributed by atoms with van der Waals surface area (Å²) in [6.07, 6.45) is -4.74. The number of nitrogens with zero attached hydrogens (tertiary/aromatic N) is 2. The minimum absolute atomic E-state index is 0.00564. The molecule has 0 heterocycles. The second-order valence-electron chi connectivity index (χ2n) is 6.84. The average molecular weight is 438 g/mol. The van der Waals surface area contributed by atoms with E-state index in [1.807, 2.05) is 0 Å². The Labute approximate surface area is 176 Å². The summed E-state index contributed by atoms with van der Waals surface area (Å²) in [5.41, 5.74) is -0.659. The fourth-order valence-corrected chi connectivity index (χ4v) is 2.63. The zero-order valence-electron chi connectivity index (χ0n) is 16.8. The third kappa shape index (κ3) is 6.69. The van der Waals surface area contributed by atoms with Crippen LogP contribution in [0.25, 0.3) is 0 Å². The van der Waals surface area contributed by atoms with Crippen LogP contribution in [0.15, 0.2) is 42.5 Å². The summed E-state index contributed by atoms with van der Waals surface area (Å²) in [6, 6.07) is 8.87. The van der Waals surface area contributed by atoms with Gasteiger partial charge in [-0.3, -0.25) is 19.7 Å². The number of rotatable bonds is 8. The van der Waals surface area contributed by atoms with E-state index in [0.29, 0.717) is 11.6 Å². The van der Waals surface area contributed by atoms with E-state index in [0.717, 1.165) is 17.7 Å². The number of alkyl halides is 3. The summed E-state index contributed by atoms with van der Waals surface area (Å²) in [5.74, 6) is -0.491. The maximum atomic E-state index is 12.7. The van der Waals surface area contributed by atoms with Crippen LogP contribution >= 0.6 is 0 Å². The number of nitro groups is 1. The molecule has 0 unspecified atom stereocenters. The summed E-state index contributed by atoms with van der Waals surface area (Å²) in [7, 11) is 3.29. The SMILES string of the molecule is CN(C)C(=O)c1ccc(CNC(=O)CCNc2ccc(C(F)(F)F)cc2[N+](=O)[O-])cc1. The van der Waals surface area contributed by atoms with Gasteiger partial charge < -0.3 is 15.5 Å². The van der Waals surface area contributed by atoms with Gasteiger partial charge >= 0.3 is 6.18 Å². The molecular weight excluding hydrogens is 417 g/mol. The Morgan fingerprint density at radius 2 is 1.74 bits per heavy atom. The molecule has 2 amide bonds. The molecule has 0 saturated carbocycles. The first-order chi connectivity index (χ1) is 14.5. The van der Waals surface area contributed by atoms with Crippen molar-refractivity contribution in [1.82, 2.24) is 10.2 Å². The Morgan fingerprint density at radius 1 is 1.10 bits per heavy atom. The first-order valence-corrected chi connectivity index (χ1v) is 9.16. The van der Waals surface area contributed by atoms with Crippen LogP contribution in [0.2, 0.25) is 0 Å².